The summed E-state index contributed by atoms with van der Waals surface area (Å²) < 4.78 is 10.3. The minimum Gasteiger partial charge on any atom is -0.495 e. The number of amides is 2. The summed E-state index contributed by atoms with van der Waals surface area (Å²) in [7, 11) is 3.00. The molecule has 1 aliphatic rings. The first kappa shape index (κ1) is 16.7. The van der Waals surface area contributed by atoms with Gasteiger partial charge in [-0.05, 0) is 18.9 Å². The Labute approximate surface area is 134 Å². The number of nitrogens with one attached hydrogen (secondary N) is 2. The van der Waals surface area contributed by atoms with Crippen molar-refractivity contribution in [2.45, 2.75) is 37.8 Å². The van der Waals surface area contributed by atoms with Crippen molar-refractivity contribution in [3.05, 3.63) is 17.2 Å². The molecule has 0 heterocycles. The molecule has 2 amide bonds. The van der Waals surface area contributed by atoms with Crippen molar-refractivity contribution >= 4 is 23.3 Å². The highest BCUT2D eigenvalue weighted by molar-refractivity contribution is 6.32. The number of halogens is 1. The highest BCUT2D eigenvalue weighted by Gasteiger charge is 2.24. The van der Waals surface area contributed by atoms with Gasteiger partial charge in [0.05, 0.1) is 37.1 Å². The summed E-state index contributed by atoms with van der Waals surface area (Å²) in [6.45, 7) is 0. The van der Waals surface area contributed by atoms with E-state index in [-0.39, 0.29) is 6.04 Å². The SMILES string of the molecule is COc1cc(OC)c(NC(=O)NC2CCCCC2O)cc1Cl. The quantitative estimate of drug-likeness (QED) is 0.794. The number of rotatable bonds is 4. The molecule has 0 aliphatic heterocycles. The minimum absolute atomic E-state index is 0.228. The third-order valence-electron chi connectivity index (χ3n) is 3.77. The van der Waals surface area contributed by atoms with Gasteiger partial charge in [0.2, 0.25) is 0 Å². The van der Waals surface area contributed by atoms with Gasteiger partial charge in [-0.2, -0.15) is 0 Å². The monoisotopic (exact) mass is 328 g/mol. The Bertz CT molecular complexity index is 539. The molecule has 1 aromatic carbocycles. The fourth-order valence-electron chi connectivity index (χ4n) is 2.56. The fourth-order valence-corrected chi connectivity index (χ4v) is 2.80. The summed E-state index contributed by atoms with van der Waals surface area (Å²) in [4.78, 5) is 12.1. The van der Waals surface area contributed by atoms with Crippen LogP contribution in [0.5, 0.6) is 11.5 Å². The van der Waals surface area contributed by atoms with Gasteiger partial charge in [0.25, 0.3) is 0 Å². The van der Waals surface area contributed by atoms with E-state index in [1.165, 1.54) is 14.2 Å². The molecule has 1 aromatic rings. The third-order valence-corrected chi connectivity index (χ3v) is 4.06. The van der Waals surface area contributed by atoms with E-state index in [0.717, 1.165) is 19.3 Å². The second-order valence-electron chi connectivity index (χ2n) is 5.24. The van der Waals surface area contributed by atoms with Crippen molar-refractivity contribution in [1.82, 2.24) is 5.32 Å². The van der Waals surface area contributed by atoms with Crippen LogP contribution in [0.4, 0.5) is 10.5 Å². The summed E-state index contributed by atoms with van der Waals surface area (Å²) in [5.41, 5.74) is 0.441. The van der Waals surface area contributed by atoms with Crippen LogP contribution in [0.2, 0.25) is 5.02 Å². The molecule has 122 valence electrons. The molecule has 2 atom stereocenters. The van der Waals surface area contributed by atoms with Gasteiger partial charge in [-0.15, -0.1) is 0 Å². The Morgan fingerprint density at radius 1 is 1.23 bits per heavy atom. The zero-order valence-corrected chi connectivity index (χ0v) is 13.4. The molecule has 2 unspecified atom stereocenters. The standard InChI is InChI=1S/C15H21ClN2O4/c1-21-13-8-14(22-2)11(7-9(13)16)18-15(20)17-10-5-3-4-6-12(10)19/h7-8,10,12,19H,3-6H2,1-2H3,(H2,17,18,20). The number of methoxy groups -OCH3 is 2. The van der Waals surface area contributed by atoms with E-state index in [4.69, 9.17) is 21.1 Å². The average molecular weight is 329 g/mol. The molecule has 0 saturated heterocycles. The van der Waals surface area contributed by atoms with Crippen LogP contribution < -0.4 is 20.1 Å². The van der Waals surface area contributed by atoms with Crippen LogP contribution in [0.1, 0.15) is 25.7 Å². The molecule has 0 radical (unpaired) electrons. The Morgan fingerprint density at radius 2 is 1.91 bits per heavy atom. The van der Waals surface area contributed by atoms with Gasteiger partial charge in [0.1, 0.15) is 11.5 Å². The molecule has 0 spiro atoms. The number of carbonyl (C=O) groups excluding carboxylic acids is 1. The van der Waals surface area contributed by atoms with Crippen molar-refractivity contribution in [2.24, 2.45) is 0 Å². The number of carbonyl (C=O) groups is 1. The molecule has 2 rings (SSSR count). The number of ether oxygens (including phenoxy) is 2. The molecule has 22 heavy (non-hydrogen) atoms. The predicted molar refractivity (Wildman–Crippen MR) is 85.0 cm³/mol. The Morgan fingerprint density at radius 3 is 2.55 bits per heavy atom. The first-order chi connectivity index (χ1) is 10.5. The second kappa shape index (κ2) is 7.56. The van der Waals surface area contributed by atoms with Crippen molar-refractivity contribution in [2.75, 3.05) is 19.5 Å². The number of aliphatic hydroxyl groups excluding tert-OH is 1. The van der Waals surface area contributed by atoms with Crippen LogP contribution >= 0.6 is 11.6 Å². The van der Waals surface area contributed by atoms with Crippen LogP contribution in [0.15, 0.2) is 12.1 Å². The average Bonchev–Trinajstić information content (AvgIpc) is 2.50. The number of urea groups is 1. The highest BCUT2D eigenvalue weighted by Crippen LogP contribution is 2.35. The molecule has 0 bridgehead atoms. The maximum Gasteiger partial charge on any atom is 0.319 e. The minimum atomic E-state index is -0.499. The van der Waals surface area contributed by atoms with Gasteiger partial charge in [-0.25, -0.2) is 4.79 Å². The molecule has 0 aromatic heterocycles. The van der Waals surface area contributed by atoms with E-state index < -0.39 is 12.1 Å². The maximum absolute atomic E-state index is 12.1. The number of benzene rings is 1. The Balaban J connectivity index is 2.06. The predicted octanol–water partition coefficient (Wildman–Crippen LogP) is 2.78. The molecule has 1 saturated carbocycles. The Kier molecular flexibility index (Phi) is 5.74. The largest absolute Gasteiger partial charge is 0.495 e. The van der Waals surface area contributed by atoms with Crippen LogP contribution in [0.25, 0.3) is 0 Å². The maximum atomic E-state index is 12.1. The lowest BCUT2D eigenvalue weighted by Crippen LogP contribution is -2.46. The van der Waals surface area contributed by atoms with Crippen molar-refractivity contribution in [3.63, 3.8) is 0 Å². The lowest BCUT2D eigenvalue weighted by molar-refractivity contribution is 0.0955. The summed E-state index contributed by atoms with van der Waals surface area (Å²) >= 11 is 6.06. The third kappa shape index (κ3) is 3.96. The van der Waals surface area contributed by atoms with Gasteiger partial charge >= 0.3 is 6.03 Å². The van der Waals surface area contributed by atoms with Crippen molar-refractivity contribution in [3.8, 4) is 11.5 Å². The zero-order valence-electron chi connectivity index (χ0n) is 12.7. The summed E-state index contributed by atoms with van der Waals surface area (Å²) in [5.74, 6) is 0.910. The number of hydrogen-bond donors (Lipinski definition) is 3. The lowest BCUT2D eigenvalue weighted by Gasteiger charge is -2.28. The topological polar surface area (TPSA) is 79.8 Å². The van der Waals surface area contributed by atoms with Gasteiger partial charge in [0.15, 0.2) is 0 Å². The zero-order chi connectivity index (χ0) is 16.1. The van der Waals surface area contributed by atoms with E-state index in [9.17, 15) is 9.90 Å². The van der Waals surface area contributed by atoms with Gasteiger partial charge in [-0.1, -0.05) is 24.4 Å². The normalized spacial score (nSPS) is 21.1. The van der Waals surface area contributed by atoms with E-state index >= 15 is 0 Å². The van der Waals surface area contributed by atoms with Gasteiger partial charge in [0, 0.05) is 6.07 Å². The number of aliphatic hydroxyl groups is 1. The molecular formula is C15H21ClN2O4. The van der Waals surface area contributed by atoms with Crippen LogP contribution in [0, 0.1) is 0 Å². The lowest BCUT2D eigenvalue weighted by atomic mass is 9.93. The smallest absolute Gasteiger partial charge is 0.319 e. The van der Waals surface area contributed by atoms with Crippen LogP contribution in [0.3, 0.4) is 0 Å². The van der Waals surface area contributed by atoms with E-state index in [1.807, 2.05) is 0 Å². The van der Waals surface area contributed by atoms with Crippen LogP contribution in [-0.2, 0) is 0 Å². The first-order valence-corrected chi connectivity index (χ1v) is 7.60. The molecule has 6 nitrogen and oxygen atoms in total. The first-order valence-electron chi connectivity index (χ1n) is 7.22. The molecule has 1 aliphatic carbocycles. The number of anilines is 1. The summed E-state index contributed by atoms with van der Waals surface area (Å²) in [5, 5.41) is 15.7. The number of hydrogen-bond acceptors (Lipinski definition) is 4. The summed E-state index contributed by atoms with van der Waals surface area (Å²) in [6.07, 6.45) is 2.97. The summed E-state index contributed by atoms with van der Waals surface area (Å²) in [6, 6.07) is 2.54. The van der Waals surface area contributed by atoms with Crippen LogP contribution in [-0.4, -0.2) is 37.5 Å². The van der Waals surface area contributed by atoms with Crippen molar-refractivity contribution < 1.29 is 19.4 Å². The van der Waals surface area contributed by atoms with Crippen molar-refractivity contribution in [1.29, 1.82) is 0 Å². The van der Waals surface area contributed by atoms with Gasteiger partial charge in [-0.3, -0.25) is 0 Å². The molecular weight excluding hydrogens is 308 g/mol. The molecule has 3 N–H and O–H groups in total. The molecule has 1 fully saturated rings. The fraction of sp³-hybridized carbons (Fsp3) is 0.533. The van der Waals surface area contributed by atoms with E-state index in [2.05, 4.69) is 10.6 Å². The van der Waals surface area contributed by atoms with E-state index in [1.54, 1.807) is 12.1 Å². The van der Waals surface area contributed by atoms with E-state index in [0.29, 0.717) is 28.6 Å². The second-order valence-corrected chi connectivity index (χ2v) is 5.65. The highest BCUT2D eigenvalue weighted by atomic mass is 35.5. The molecule has 7 heteroatoms. The van der Waals surface area contributed by atoms with Gasteiger partial charge < -0.3 is 25.2 Å². The Hall–Kier alpha value is -1.66.